The second kappa shape index (κ2) is 7.91. The van der Waals surface area contributed by atoms with Gasteiger partial charge in [0.15, 0.2) is 0 Å². The summed E-state index contributed by atoms with van der Waals surface area (Å²) in [4.78, 5) is 37.9. The zero-order valence-electron chi connectivity index (χ0n) is 12.1. The van der Waals surface area contributed by atoms with Gasteiger partial charge in [-0.2, -0.15) is 0 Å². The first-order chi connectivity index (χ1) is 10.1. The number of nitrogens with zero attached hydrogens (tertiary/aromatic N) is 2. The number of likely N-dealkylation sites (tertiary alicyclic amines) is 1. The summed E-state index contributed by atoms with van der Waals surface area (Å²) < 4.78 is 0.704. The lowest BCUT2D eigenvalue weighted by molar-refractivity contribution is -0.137. The van der Waals surface area contributed by atoms with Crippen LogP contribution in [0.3, 0.4) is 0 Å². The van der Waals surface area contributed by atoms with Crippen LogP contribution in [0, 0.1) is 0 Å². The van der Waals surface area contributed by atoms with Crippen molar-refractivity contribution in [2.24, 2.45) is 0 Å². The molecule has 0 aromatic rings. The number of unbranched alkanes of at least 4 members (excludes halogenated alkanes) is 2. The maximum Gasteiger partial charge on any atom is 0.253 e. The van der Waals surface area contributed by atoms with Gasteiger partial charge in [-0.1, -0.05) is 29.0 Å². The van der Waals surface area contributed by atoms with Gasteiger partial charge < -0.3 is 4.90 Å². The van der Waals surface area contributed by atoms with Crippen molar-refractivity contribution in [2.75, 3.05) is 19.6 Å². The molecule has 0 aromatic carbocycles. The quantitative estimate of drug-likeness (QED) is 0.294. The van der Waals surface area contributed by atoms with E-state index in [4.69, 9.17) is 0 Å². The van der Waals surface area contributed by atoms with Gasteiger partial charge in [-0.3, -0.25) is 19.3 Å². The summed E-state index contributed by atoms with van der Waals surface area (Å²) in [6.07, 6.45) is 7.84. The summed E-state index contributed by atoms with van der Waals surface area (Å²) >= 11 is 2.45. The van der Waals surface area contributed by atoms with Gasteiger partial charge in [0.2, 0.25) is 5.91 Å². The lowest BCUT2D eigenvalue weighted by Crippen LogP contribution is -2.38. The number of rotatable bonds is 6. The number of piperidine rings is 1. The van der Waals surface area contributed by atoms with Gasteiger partial charge in [0, 0.05) is 42.1 Å². The van der Waals surface area contributed by atoms with E-state index in [0.29, 0.717) is 16.9 Å². The normalized spacial score (nSPS) is 19.7. The van der Waals surface area contributed by atoms with E-state index >= 15 is 0 Å². The van der Waals surface area contributed by atoms with E-state index in [2.05, 4.69) is 22.6 Å². The molecule has 0 spiro atoms. The Kier molecular flexibility index (Phi) is 6.20. The zero-order chi connectivity index (χ0) is 15.2. The first-order valence-electron chi connectivity index (χ1n) is 7.53. The summed E-state index contributed by atoms with van der Waals surface area (Å²) in [6, 6.07) is 0. The van der Waals surface area contributed by atoms with Crippen LogP contribution in [-0.2, 0) is 14.4 Å². The minimum atomic E-state index is -0.224. The first-order valence-corrected chi connectivity index (χ1v) is 8.78. The average molecular weight is 404 g/mol. The molecule has 0 N–H and O–H groups in total. The predicted octanol–water partition coefficient (Wildman–Crippen LogP) is 1.90. The molecule has 1 fully saturated rings. The maximum absolute atomic E-state index is 12.0. The monoisotopic (exact) mass is 404 g/mol. The molecule has 0 radical (unpaired) electrons. The van der Waals surface area contributed by atoms with Crippen LogP contribution in [0.15, 0.2) is 12.2 Å². The largest absolute Gasteiger partial charge is 0.343 e. The fourth-order valence-corrected chi connectivity index (χ4v) is 3.19. The Hall–Kier alpha value is -0.920. The second-order valence-electron chi connectivity index (χ2n) is 5.53. The van der Waals surface area contributed by atoms with Crippen LogP contribution in [0.5, 0.6) is 0 Å². The van der Waals surface area contributed by atoms with Crippen molar-refractivity contribution in [3.8, 4) is 0 Å². The molecular weight excluding hydrogens is 383 g/mol. The van der Waals surface area contributed by atoms with Gasteiger partial charge in [0.1, 0.15) is 0 Å². The Morgan fingerprint density at radius 3 is 2.33 bits per heavy atom. The minimum Gasteiger partial charge on any atom is -0.343 e. The highest BCUT2D eigenvalue weighted by Crippen LogP contribution is 2.19. The third-order valence-electron chi connectivity index (χ3n) is 3.95. The van der Waals surface area contributed by atoms with Crippen LogP contribution in [0.1, 0.15) is 38.5 Å². The average Bonchev–Trinajstić information content (AvgIpc) is 2.79. The van der Waals surface area contributed by atoms with Gasteiger partial charge in [-0.05, 0) is 25.7 Å². The van der Waals surface area contributed by atoms with Crippen LogP contribution in [0.2, 0.25) is 0 Å². The topological polar surface area (TPSA) is 57.7 Å². The molecule has 5 nitrogen and oxygen atoms in total. The summed E-state index contributed by atoms with van der Waals surface area (Å²) in [5.74, 6) is -0.205. The standard InChI is InChI=1S/C15H21IN2O3/c16-12-7-10-17(11-8-12)13(19)4-2-1-3-9-18-14(20)5-6-15(18)21/h5-6,12H,1-4,7-11H2. The van der Waals surface area contributed by atoms with E-state index in [1.54, 1.807) is 0 Å². The van der Waals surface area contributed by atoms with E-state index in [0.717, 1.165) is 45.2 Å². The summed E-state index contributed by atoms with van der Waals surface area (Å²) in [5.41, 5.74) is 0. The number of halogens is 1. The van der Waals surface area contributed by atoms with Crippen LogP contribution in [0.4, 0.5) is 0 Å². The van der Waals surface area contributed by atoms with Crippen molar-refractivity contribution in [3.05, 3.63) is 12.2 Å². The Labute approximate surface area is 138 Å². The van der Waals surface area contributed by atoms with Crippen molar-refractivity contribution >= 4 is 40.3 Å². The Morgan fingerprint density at radius 1 is 1.10 bits per heavy atom. The molecule has 0 bridgehead atoms. The van der Waals surface area contributed by atoms with Crippen LogP contribution < -0.4 is 0 Å². The fraction of sp³-hybridized carbons (Fsp3) is 0.667. The molecule has 0 unspecified atom stereocenters. The van der Waals surface area contributed by atoms with Gasteiger partial charge >= 0.3 is 0 Å². The molecule has 0 atom stereocenters. The number of alkyl halides is 1. The van der Waals surface area contributed by atoms with Gasteiger partial charge in [-0.15, -0.1) is 0 Å². The fourth-order valence-electron chi connectivity index (χ4n) is 2.63. The molecule has 0 aliphatic carbocycles. The van der Waals surface area contributed by atoms with Gasteiger partial charge in [-0.25, -0.2) is 0 Å². The molecule has 3 amide bonds. The number of carbonyl (C=O) groups excluding carboxylic acids is 3. The molecule has 2 aliphatic rings. The van der Waals surface area contributed by atoms with Crippen molar-refractivity contribution in [1.82, 2.24) is 9.80 Å². The first kappa shape index (κ1) is 16.5. The Morgan fingerprint density at radius 2 is 1.71 bits per heavy atom. The van der Waals surface area contributed by atoms with E-state index in [9.17, 15) is 14.4 Å². The highest BCUT2D eigenvalue weighted by Gasteiger charge is 2.23. The van der Waals surface area contributed by atoms with E-state index < -0.39 is 0 Å². The van der Waals surface area contributed by atoms with Crippen molar-refractivity contribution in [2.45, 2.75) is 42.4 Å². The third kappa shape index (κ3) is 4.79. The Balaban J connectivity index is 1.56. The zero-order valence-corrected chi connectivity index (χ0v) is 14.3. The number of carbonyl (C=O) groups is 3. The lowest BCUT2D eigenvalue weighted by Gasteiger charge is -2.29. The number of hydrogen-bond donors (Lipinski definition) is 0. The van der Waals surface area contributed by atoms with Crippen molar-refractivity contribution in [1.29, 1.82) is 0 Å². The number of hydrogen-bond acceptors (Lipinski definition) is 3. The Bertz CT molecular complexity index is 424. The molecule has 116 valence electrons. The number of amides is 3. The van der Waals surface area contributed by atoms with Crippen LogP contribution >= 0.6 is 22.6 Å². The van der Waals surface area contributed by atoms with Crippen molar-refractivity contribution < 1.29 is 14.4 Å². The molecule has 2 aliphatic heterocycles. The van der Waals surface area contributed by atoms with Crippen LogP contribution in [0.25, 0.3) is 0 Å². The van der Waals surface area contributed by atoms with E-state index in [-0.39, 0.29) is 17.7 Å². The molecule has 2 rings (SSSR count). The van der Waals surface area contributed by atoms with E-state index in [1.807, 2.05) is 4.90 Å². The molecule has 6 heteroatoms. The molecule has 1 saturated heterocycles. The highest BCUT2D eigenvalue weighted by atomic mass is 127. The van der Waals surface area contributed by atoms with Crippen LogP contribution in [-0.4, -0.2) is 51.1 Å². The minimum absolute atomic E-state index is 0.224. The lowest BCUT2D eigenvalue weighted by atomic mass is 10.1. The molecule has 0 aromatic heterocycles. The van der Waals surface area contributed by atoms with Gasteiger partial charge in [0.05, 0.1) is 0 Å². The SMILES string of the molecule is O=C(CCCCCN1C(=O)C=CC1=O)N1CCC(I)CC1. The molecule has 0 saturated carbocycles. The molecule has 21 heavy (non-hydrogen) atoms. The number of imide groups is 1. The summed E-state index contributed by atoms with van der Waals surface area (Å²) in [7, 11) is 0. The smallest absolute Gasteiger partial charge is 0.253 e. The second-order valence-corrected chi connectivity index (χ2v) is 7.29. The highest BCUT2D eigenvalue weighted by molar-refractivity contribution is 14.1. The molecular formula is C15H21IN2O3. The molecule has 2 heterocycles. The third-order valence-corrected chi connectivity index (χ3v) is 5.20. The summed E-state index contributed by atoms with van der Waals surface area (Å²) in [5, 5.41) is 0. The van der Waals surface area contributed by atoms with Gasteiger partial charge in [0.25, 0.3) is 11.8 Å². The maximum atomic E-state index is 12.0. The van der Waals surface area contributed by atoms with E-state index in [1.165, 1.54) is 17.1 Å². The predicted molar refractivity (Wildman–Crippen MR) is 88.0 cm³/mol. The summed E-state index contributed by atoms with van der Waals surface area (Å²) in [6.45, 7) is 2.23. The van der Waals surface area contributed by atoms with Crippen molar-refractivity contribution in [3.63, 3.8) is 0 Å².